The monoisotopic (exact) mass is 378 g/mol. The summed E-state index contributed by atoms with van der Waals surface area (Å²) in [4.78, 5) is 0. The van der Waals surface area contributed by atoms with Gasteiger partial charge in [-0.05, 0) is 19.4 Å². The zero-order valence-corrected chi connectivity index (χ0v) is 18.4. The van der Waals surface area contributed by atoms with Crippen LogP contribution in [0.2, 0.25) is 0 Å². The topological polar surface area (TPSA) is 32.3 Å². The Morgan fingerprint density at radius 3 is 1.36 bits per heavy atom. The van der Waals surface area contributed by atoms with Gasteiger partial charge in [-0.3, -0.25) is 0 Å². The highest BCUT2D eigenvalue weighted by atomic mass is 35.5. The number of hydroxylamine groups is 3. The van der Waals surface area contributed by atoms with Crippen LogP contribution >= 0.6 is 0 Å². The molecule has 1 saturated heterocycles. The Morgan fingerprint density at radius 2 is 1.08 bits per heavy atom. The van der Waals surface area contributed by atoms with Crippen LogP contribution < -0.4 is 17.7 Å². The Balaban J connectivity index is 0. The van der Waals surface area contributed by atoms with E-state index in [-0.39, 0.29) is 17.1 Å². The van der Waals surface area contributed by atoms with Crippen LogP contribution in [0.4, 0.5) is 0 Å². The molecule has 0 radical (unpaired) electrons. The fourth-order valence-corrected chi connectivity index (χ4v) is 3.00. The van der Waals surface area contributed by atoms with Crippen molar-refractivity contribution in [1.82, 2.24) is 5.32 Å². The molecular weight excluding hydrogens is 332 g/mol. The van der Waals surface area contributed by atoms with Crippen molar-refractivity contribution in [1.29, 1.82) is 0 Å². The molecule has 0 amide bonds. The third kappa shape index (κ3) is 26.5. The lowest BCUT2D eigenvalue weighted by Gasteiger charge is -2.27. The third-order valence-electron chi connectivity index (χ3n) is 4.58. The Kier molecular flexibility index (Phi) is 20.8. The van der Waals surface area contributed by atoms with Crippen LogP contribution in [0.3, 0.4) is 0 Å². The van der Waals surface area contributed by atoms with E-state index >= 15 is 0 Å². The molecule has 154 valence electrons. The van der Waals surface area contributed by atoms with Crippen molar-refractivity contribution < 1.29 is 22.3 Å². The minimum Gasteiger partial charge on any atom is -1.00 e. The molecule has 1 heterocycles. The highest BCUT2D eigenvalue weighted by Gasteiger charge is 2.14. The predicted octanol–water partition coefficient (Wildman–Crippen LogP) is 2.92. The standard InChI is InChI=1S/C18H37N.C3H10NO.ClH/c1-2-3-4-5-6-7-8-9-10-11-12-13-14-15-18-16-17-19-18;1-4(2,3)5;/h18-19H,2-17H2,1H3;5H,1-3H3;1H/q;+1;/p-1. The average molecular weight is 379 g/mol. The van der Waals surface area contributed by atoms with Crippen LogP contribution in [-0.4, -0.2) is 43.6 Å². The Hall–Kier alpha value is 0.170. The maximum Gasteiger partial charge on any atom is 0.0979 e. The van der Waals surface area contributed by atoms with E-state index in [4.69, 9.17) is 5.21 Å². The summed E-state index contributed by atoms with van der Waals surface area (Å²) in [5.74, 6) is 0. The molecule has 0 aliphatic carbocycles. The van der Waals surface area contributed by atoms with Crippen LogP contribution in [-0.2, 0) is 0 Å². The lowest BCUT2D eigenvalue weighted by atomic mass is 9.99. The molecule has 1 fully saturated rings. The van der Waals surface area contributed by atoms with E-state index in [2.05, 4.69) is 12.2 Å². The summed E-state index contributed by atoms with van der Waals surface area (Å²) in [5.41, 5.74) is 0. The number of hydrogen-bond donors (Lipinski definition) is 2. The van der Waals surface area contributed by atoms with Gasteiger partial charge in [-0.2, -0.15) is 4.65 Å². The zero-order valence-electron chi connectivity index (χ0n) is 17.7. The fraction of sp³-hybridized carbons (Fsp3) is 1.00. The first-order valence-electron chi connectivity index (χ1n) is 10.7. The summed E-state index contributed by atoms with van der Waals surface area (Å²) in [6.07, 6.45) is 21.9. The van der Waals surface area contributed by atoms with Crippen molar-refractivity contribution in [2.24, 2.45) is 0 Å². The SMILES string of the molecule is CCCCCCCCCCCCCCCC1CCN1.C[N+](C)(C)O.[Cl-]. The van der Waals surface area contributed by atoms with Crippen LogP contribution in [0.5, 0.6) is 0 Å². The van der Waals surface area contributed by atoms with Crippen molar-refractivity contribution in [3.05, 3.63) is 0 Å². The third-order valence-corrected chi connectivity index (χ3v) is 4.58. The molecular formula is C21H47ClN2O. The number of quaternary nitrogens is 1. The predicted molar refractivity (Wildman–Crippen MR) is 107 cm³/mol. The number of rotatable bonds is 14. The summed E-state index contributed by atoms with van der Waals surface area (Å²) < 4.78 is 0. The van der Waals surface area contributed by atoms with Gasteiger partial charge in [0.05, 0.1) is 21.1 Å². The average Bonchev–Trinajstić information content (AvgIpc) is 2.44. The fourth-order valence-electron chi connectivity index (χ4n) is 3.00. The van der Waals surface area contributed by atoms with Gasteiger partial charge in [-0.25, -0.2) is 5.21 Å². The minimum absolute atomic E-state index is 0. The molecule has 3 nitrogen and oxygen atoms in total. The first-order valence-corrected chi connectivity index (χ1v) is 10.7. The second kappa shape index (κ2) is 18.9. The van der Waals surface area contributed by atoms with E-state index in [1.807, 2.05) is 0 Å². The van der Waals surface area contributed by atoms with Crippen LogP contribution in [0.25, 0.3) is 0 Å². The van der Waals surface area contributed by atoms with Crippen molar-refractivity contribution in [2.75, 3.05) is 27.7 Å². The summed E-state index contributed by atoms with van der Waals surface area (Å²) in [5, 5.41) is 11.9. The number of nitrogens with zero attached hydrogens (tertiary/aromatic N) is 1. The Morgan fingerprint density at radius 1 is 0.760 bits per heavy atom. The molecule has 0 spiro atoms. The number of unbranched alkanes of at least 4 members (excludes halogenated alkanes) is 12. The molecule has 1 rings (SSSR count). The number of nitrogens with one attached hydrogen (secondary N) is 1. The smallest absolute Gasteiger partial charge is 0.0979 e. The maximum atomic E-state index is 8.46. The van der Waals surface area contributed by atoms with E-state index < -0.39 is 0 Å². The van der Waals surface area contributed by atoms with Gasteiger partial charge in [-0.1, -0.05) is 90.4 Å². The molecule has 0 aromatic heterocycles. The molecule has 0 aromatic rings. The molecule has 1 aliphatic heterocycles. The summed E-state index contributed by atoms with van der Waals surface area (Å²) in [7, 11) is 5.04. The minimum atomic E-state index is 0. The second-order valence-electron chi connectivity index (χ2n) is 8.41. The lowest BCUT2D eigenvalue weighted by Crippen LogP contribution is -3.00. The number of halogens is 1. The van der Waals surface area contributed by atoms with Crippen molar-refractivity contribution in [3.63, 3.8) is 0 Å². The summed E-state index contributed by atoms with van der Waals surface area (Å²) in [6.45, 7) is 3.56. The highest BCUT2D eigenvalue weighted by Crippen LogP contribution is 2.15. The summed E-state index contributed by atoms with van der Waals surface area (Å²) >= 11 is 0. The largest absolute Gasteiger partial charge is 1.00 e. The maximum absolute atomic E-state index is 8.46. The Labute approximate surface area is 164 Å². The molecule has 4 heteroatoms. The Bertz CT molecular complexity index is 247. The molecule has 1 unspecified atom stereocenters. The van der Waals surface area contributed by atoms with Crippen LogP contribution in [0.1, 0.15) is 103 Å². The van der Waals surface area contributed by atoms with Crippen molar-refractivity contribution in [2.45, 2.75) is 109 Å². The van der Waals surface area contributed by atoms with Gasteiger partial charge < -0.3 is 17.7 Å². The highest BCUT2D eigenvalue weighted by molar-refractivity contribution is 4.76. The molecule has 1 atom stereocenters. The first-order chi connectivity index (χ1) is 11.4. The van der Waals surface area contributed by atoms with Gasteiger partial charge >= 0.3 is 0 Å². The summed E-state index contributed by atoms with van der Waals surface area (Å²) in [6, 6.07) is 0.882. The molecule has 2 N–H and O–H groups in total. The van der Waals surface area contributed by atoms with Crippen LogP contribution in [0, 0.1) is 0 Å². The van der Waals surface area contributed by atoms with Gasteiger partial charge in [0.2, 0.25) is 0 Å². The van der Waals surface area contributed by atoms with Gasteiger partial charge in [-0.15, -0.1) is 0 Å². The number of hydrogen-bond acceptors (Lipinski definition) is 2. The van der Waals surface area contributed by atoms with Gasteiger partial charge in [0.15, 0.2) is 0 Å². The second-order valence-corrected chi connectivity index (χ2v) is 8.41. The van der Waals surface area contributed by atoms with Gasteiger partial charge in [0.25, 0.3) is 0 Å². The zero-order chi connectivity index (χ0) is 18.1. The molecule has 0 aromatic carbocycles. The van der Waals surface area contributed by atoms with E-state index in [1.54, 1.807) is 21.1 Å². The quantitative estimate of drug-likeness (QED) is 0.277. The lowest BCUT2D eigenvalue weighted by molar-refractivity contribution is -1.06. The normalized spacial score (nSPS) is 16.4. The molecule has 1 aliphatic rings. The van der Waals surface area contributed by atoms with Crippen molar-refractivity contribution >= 4 is 0 Å². The van der Waals surface area contributed by atoms with E-state index in [0.29, 0.717) is 0 Å². The van der Waals surface area contributed by atoms with Crippen LogP contribution in [0.15, 0.2) is 0 Å². The molecule has 0 bridgehead atoms. The van der Waals surface area contributed by atoms with E-state index in [0.717, 1.165) is 6.04 Å². The van der Waals surface area contributed by atoms with E-state index in [9.17, 15) is 0 Å². The van der Waals surface area contributed by atoms with Gasteiger partial charge in [0, 0.05) is 6.04 Å². The van der Waals surface area contributed by atoms with E-state index in [1.165, 1.54) is 103 Å². The van der Waals surface area contributed by atoms with Crippen molar-refractivity contribution in [3.8, 4) is 0 Å². The van der Waals surface area contributed by atoms with Gasteiger partial charge in [0.1, 0.15) is 0 Å². The molecule has 0 saturated carbocycles. The first kappa shape index (κ1) is 27.4. The molecule has 25 heavy (non-hydrogen) atoms.